The molecule has 4 N–H and O–H groups in total. The molecular formula is C4H7NO3. The van der Waals surface area contributed by atoms with Gasteiger partial charge in [-0.3, -0.25) is 4.79 Å². The van der Waals surface area contributed by atoms with Gasteiger partial charge in [-0.15, -0.1) is 0 Å². The molecule has 0 atom stereocenters. The number of hydrogen-bond donors (Lipinski definition) is 3. The molecule has 4 heteroatoms. The smallest absolute Gasteiger partial charge is 0.250 e. The molecule has 0 rings (SSSR count). The molecular weight excluding hydrogens is 110 g/mol. The number of aliphatic hydroxyl groups excluding tert-OH is 2. The van der Waals surface area contributed by atoms with Crippen molar-refractivity contribution in [2.75, 3.05) is 6.61 Å². The van der Waals surface area contributed by atoms with Crippen LogP contribution in [0.25, 0.3) is 0 Å². The molecule has 8 heavy (non-hydrogen) atoms. The van der Waals surface area contributed by atoms with Crippen LogP contribution in [0.5, 0.6) is 0 Å². The van der Waals surface area contributed by atoms with E-state index in [1.165, 1.54) is 0 Å². The van der Waals surface area contributed by atoms with Crippen LogP contribution in [0.15, 0.2) is 11.8 Å². The SMILES string of the molecule is NC(=O)/C(=C/O)CO. The minimum absolute atomic E-state index is 0.190. The predicted molar refractivity (Wildman–Crippen MR) is 27.0 cm³/mol. The first-order valence-electron chi connectivity index (χ1n) is 1.96. The number of rotatable bonds is 2. The number of nitrogens with two attached hydrogens (primary N) is 1. The standard InChI is InChI=1S/C4H7NO3/c5-4(8)3(1-6)2-7/h1,6-7H,2H2,(H2,5,8)/b3-1+. The third kappa shape index (κ3) is 1.61. The molecule has 0 aromatic carbocycles. The molecule has 0 saturated carbocycles. The van der Waals surface area contributed by atoms with Gasteiger partial charge in [0, 0.05) is 0 Å². The van der Waals surface area contributed by atoms with Crippen LogP contribution in [0.1, 0.15) is 0 Å². The lowest BCUT2D eigenvalue weighted by molar-refractivity contribution is -0.115. The van der Waals surface area contributed by atoms with Gasteiger partial charge in [0.1, 0.15) is 0 Å². The largest absolute Gasteiger partial charge is 0.515 e. The Morgan fingerprint density at radius 2 is 2.25 bits per heavy atom. The minimum Gasteiger partial charge on any atom is -0.515 e. The summed E-state index contributed by atoms with van der Waals surface area (Å²) in [6.45, 7) is -0.522. The van der Waals surface area contributed by atoms with Crippen LogP contribution in [-0.4, -0.2) is 22.7 Å². The Bertz CT molecular complexity index is 118. The second kappa shape index (κ2) is 3.04. The molecule has 0 radical (unpaired) electrons. The maximum Gasteiger partial charge on any atom is 0.250 e. The first-order valence-corrected chi connectivity index (χ1v) is 1.96. The van der Waals surface area contributed by atoms with E-state index in [2.05, 4.69) is 5.73 Å². The van der Waals surface area contributed by atoms with E-state index in [0.717, 1.165) is 0 Å². The Hall–Kier alpha value is -1.03. The van der Waals surface area contributed by atoms with Crippen molar-refractivity contribution in [2.24, 2.45) is 5.73 Å². The highest BCUT2D eigenvalue weighted by Crippen LogP contribution is 1.85. The maximum atomic E-state index is 10.00. The summed E-state index contributed by atoms with van der Waals surface area (Å²) in [5.74, 6) is -0.810. The van der Waals surface area contributed by atoms with Crippen LogP contribution >= 0.6 is 0 Å². The molecule has 0 aliphatic rings. The van der Waals surface area contributed by atoms with Crippen molar-refractivity contribution < 1.29 is 15.0 Å². The number of carbonyl (C=O) groups is 1. The van der Waals surface area contributed by atoms with Gasteiger partial charge in [-0.1, -0.05) is 0 Å². The van der Waals surface area contributed by atoms with Gasteiger partial charge in [-0.25, -0.2) is 0 Å². The van der Waals surface area contributed by atoms with Crippen molar-refractivity contribution in [3.8, 4) is 0 Å². The van der Waals surface area contributed by atoms with E-state index in [4.69, 9.17) is 10.2 Å². The van der Waals surface area contributed by atoms with E-state index in [9.17, 15) is 4.79 Å². The number of primary amides is 1. The molecule has 0 aliphatic carbocycles. The van der Waals surface area contributed by atoms with Gasteiger partial charge in [-0.05, 0) is 0 Å². The summed E-state index contributed by atoms with van der Waals surface area (Å²) in [7, 11) is 0. The van der Waals surface area contributed by atoms with E-state index in [1.54, 1.807) is 0 Å². The molecule has 0 aromatic heterocycles. The summed E-state index contributed by atoms with van der Waals surface area (Å²) < 4.78 is 0. The van der Waals surface area contributed by atoms with Gasteiger partial charge < -0.3 is 15.9 Å². The first-order chi connectivity index (χ1) is 3.72. The van der Waals surface area contributed by atoms with Gasteiger partial charge >= 0.3 is 0 Å². The number of carbonyl (C=O) groups excluding carboxylic acids is 1. The highest BCUT2D eigenvalue weighted by molar-refractivity contribution is 5.91. The lowest BCUT2D eigenvalue weighted by Crippen LogP contribution is -2.16. The average Bonchev–Trinajstić information content (AvgIpc) is 1.69. The minimum atomic E-state index is -0.810. The summed E-state index contributed by atoms with van der Waals surface area (Å²) >= 11 is 0. The molecule has 0 aromatic rings. The topological polar surface area (TPSA) is 83.6 Å². The second-order valence-electron chi connectivity index (χ2n) is 1.18. The molecule has 0 aliphatic heterocycles. The van der Waals surface area contributed by atoms with Gasteiger partial charge in [-0.2, -0.15) is 0 Å². The molecule has 0 fully saturated rings. The molecule has 46 valence electrons. The second-order valence-corrected chi connectivity index (χ2v) is 1.18. The molecule has 0 bridgehead atoms. The van der Waals surface area contributed by atoms with E-state index < -0.39 is 12.5 Å². The van der Waals surface area contributed by atoms with Gasteiger partial charge in [0.15, 0.2) is 0 Å². The van der Waals surface area contributed by atoms with E-state index in [0.29, 0.717) is 6.26 Å². The summed E-state index contributed by atoms with van der Waals surface area (Å²) in [6.07, 6.45) is 0.488. The number of amides is 1. The van der Waals surface area contributed by atoms with E-state index in [1.807, 2.05) is 0 Å². The van der Waals surface area contributed by atoms with Crippen LogP contribution < -0.4 is 5.73 Å². The zero-order chi connectivity index (χ0) is 6.57. The van der Waals surface area contributed by atoms with Crippen molar-refractivity contribution in [3.63, 3.8) is 0 Å². The van der Waals surface area contributed by atoms with Crippen molar-refractivity contribution in [3.05, 3.63) is 11.8 Å². The summed E-state index contributed by atoms with van der Waals surface area (Å²) in [5, 5.41) is 16.2. The van der Waals surface area contributed by atoms with Crippen molar-refractivity contribution >= 4 is 5.91 Å². The Kier molecular flexibility index (Phi) is 2.64. The Morgan fingerprint density at radius 3 is 2.25 bits per heavy atom. The molecule has 1 amide bonds. The highest BCUT2D eigenvalue weighted by atomic mass is 16.3. The van der Waals surface area contributed by atoms with Gasteiger partial charge in [0.05, 0.1) is 18.4 Å². The zero-order valence-electron chi connectivity index (χ0n) is 4.16. The predicted octanol–water partition coefficient (Wildman–Crippen LogP) is -1.09. The fourth-order valence-electron chi connectivity index (χ4n) is 0.182. The third-order valence-corrected chi connectivity index (χ3v) is 0.643. The number of hydrogen-bond acceptors (Lipinski definition) is 3. The summed E-state index contributed by atoms with van der Waals surface area (Å²) in [5.41, 5.74) is 4.44. The molecule has 0 spiro atoms. The summed E-state index contributed by atoms with van der Waals surface area (Å²) in [4.78, 5) is 10.00. The van der Waals surface area contributed by atoms with E-state index >= 15 is 0 Å². The van der Waals surface area contributed by atoms with Crippen LogP contribution in [-0.2, 0) is 4.79 Å². The van der Waals surface area contributed by atoms with Crippen LogP contribution in [0.4, 0.5) is 0 Å². The van der Waals surface area contributed by atoms with Crippen molar-refractivity contribution in [1.29, 1.82) is 0 Å². The van der Waals surface area contributed by atoms with E-state index in [-0.39, 0.29) is 5.57 Å². The third-order valence-electron chi connectivity index (χ3n) is 0.643. The van der Waals surface area contributed by atoms with Gasteiger partial charge in [0.25, 0.3) is 0 Å². The molecule has 0 saturated heterocycles. The highest BCUT2D eigenvalue weighted by Gasteiger charge is 1.99. The normalized spacial score (nSPS) is 11.4. The van der Waals surface area contributed by atoms with Gasteiger partial charge in [0.2, 0.25) is 5.91 Å². The first kappa shape index (κ1) is 6.97. The molecule has 0 unspecified atom stereocenters. The fraction of sp³-hybridized carbons (Fsp3) is 0.250. The van der Waals surface area contributed by atoms with Crippen LogP contribution in [0.3, 0.4) is 0 Å². The van der Waals surface area contributed by atoms with Crippen molar-refractivity contribution in [1.82, 2.24) is 0 Å². The monoisotopic (exact) mass is 117 g/mol. The quantitative estimate of drug-likeness (QED) is 0.317. The zero-order valence-corrected chi connectivity index (χ0v) is 4.16. The molecule has 0 heterocycles. The van der Waals surface area contributed by atoms with Crippen molar-refractivity contribution in [2.45, 2.75) is 0 Å². The maximum absolute atomic E-state index is 10.00. The van der Waals surface area contributed by atoms with Crippen LogP contribution in [0.2, 0.25) is 0 Å². The van der Waals surface area contributed by atoms with Crippen LogP contribution in [0, 0.1) is 0 Å². The Labute approximate surface area is 46.2 Å². The Morgan fingerprint density at radius 1 is 1.75 bits per heavy atom. The fourth-order valence-corrected chi connectivity index (χ4v) is 0.182. The lowest BCUT2D eigenvalue weighted by Gasteiger charge is -1.90. The number of aliphatic hydroxyl groups is 2. The lowest BCUT2D eigenvalue weighted by atomic mass is 10.3. The Balaban J connectivity index is 3.92. The summed E-state index contributed by atoms with van der Waals surface area (Å²) in [6, 6.07) is 0. The average molecular weight is 117 g/mol. The molecule has 4 nitrogen and oxygen atoms in total.